The molecule has 4 N–H and O–H groups in total. The molecule has 0 amide bonds. The molecule has 3 atom stereocenters. The lowest BCUT2D eigenvalue weighted by atomic mass is 9.84. The van der Waals surface area contributed by atoms with Gasteiger partial charge in [-0.3, -0.25) is 9.80 Å². The van der Waals surface area contributed by atoms with E-state index in [0.717, 1.165) is 112 Å². The van der Waals surface area contributed by atoms with E-state index in [1.807, 2.05) is 62.4 Å². The fourth-order valence-corrected chi connectivity index (χ4v) is 10.8. The van der Waals surface area contributed by atoms with Crippen molar-refractivity contribution < 1.29 is 39.4 Å². The van der Waals surface area contributed by atoms with E-state index in [2.05, 4.69) is 42.7 Å². The number of aromatic hydroxyl groups is 4. The van der Waals surface area contributed by atoms with Crippen LogP contribution < -0.4 is 18.9 Å². The maximum absolute atomic E-state index is 11.8. The molecule has 2 saturated heterocycles. The number of likely N-dealkylation sites (tertiary alicyclic amines) is 2. The van der Waals surface area contributed by atoms with Crippen LogP contribution in [0.2, 0.25) is 0 Å². The maximum atomic E-state index is 11.8. The largest absolute Gasteiger partial charge is 0.508 e. The highest BCUT2D eigenvalue weighted by atomic mass is 16.5. The van der Waals surface area contributed by atoms with Gasteiger partial charge in [0.2, 0.25) is 0 Å². The minimum atomic E-state index is -0.610. The Kier molecular flexibility index (Phi) is 12.6. The predicted molar refractivity (Wildman–Crippen MR) is 272 cm³/mol. The number of rotatable bonds is 13. The van der Waals surface area contributed by atoms with Crippen molar-refractivity contribution in [3.05, 3.63) is 155 Å². The van der Waals surface area contributed by atoms with Crippen LogP contribution in [0.25, 0.3) is 33.4 Å². The Morgan fingerprint density at radius 1 is 0.594 bits per heavy atom. The molecule has 2 fully saturated rings. The molecule has 6 aromatic carbocycles. The van der Waals surface area contributed by atoms with Gasteiger partial charge >= 0.3 is 0 Å². The molecule has 4 aliphatic rings. The lowest BCUT2D eigenvalue weighted by molar-refractivity contribution is 0.204. The third kappa shape index (κ3) is 9.61. The van der Waals surface area contributed by atoms with Gasteiger partial charge in [0.1, 0.15) is 71.4 Å². The Balaban J connectivity index is 1.05. The molecule has 0 aliphatic carbocycles. The van der Waals surface area contributed by atoms with E-state index in [0.29, 0.717) is 36.5 Å². The first kappa shape index (κ1) is 45.9. The van der Waals surface area contributed by atoms with Gasteiger partial charge in [-0.25, -0.2) is 0 Å². The van der Waals surface area contributed by atoms with Gasteiger partial charge in [0.05, 0.1) is 0 Å². The standard InChI is InChI=1S/C59H62N2O8/c1-36-8-7-22-61(36)25-27-66-48-16-11-39(12-17-48)57-56(38(3)50-34-46(64)14-19-53(50)68-57)43-28-42(30-47(65)31-43)51-32-41(13-18-52(51)67-26-24-60-23-21-59(4,5)35-60)58-55(40-9-6-10-44(62)29-40)37(2)49-33-45(63)15-20-54(49)69-58/h6,9-20,28-34,36,57-58,62-65H,7-8,21-27,35H2,1-5H3. The van der Waals surface area contributed by atoms with E-state index in [-0.39, 0.29) is 28.4 Å². The first-order chi connectivity index (χ1) is 33.3. The van der Waals surface area contributed by atoms with E-state index in [1.165, 1.54) is 12.8 Å². The average molecular weight is 927 g/mol. The molecule has 6 aromatic rings. The van der Waals surface area contributed by atoms with Crippen LogP contribution >= 0.6 is 0 Å². The quantitative estimate of drug-likeness (QED) is 0.0890. The highest BCUT2D eigenvalue weighted by Crippen LogP contribution is 2.51. The fourth-order valence-electron chi connectivity index (χ4n) is 10.8. The molecule has 4 aliphatic heterocycles. The van der Waals surface area contributed by atoms with Crippen LogP contribution in [0.5, 0.6) is 46.0 Å². The van der Waals surface area contributed by atoms with Crippen LogP contribution in [0.3, 0.4) is 0 Å². The van der Waals surface area contributed by atoms with E-state index in [4.69, 9.17) is 18.9 Å². The molecule has 10 heteroatoms. The summed E-state index contributed by atoms with van der Waals surface area (Å²) in [6, 6.07) is 37.8. The molecule has 0 radical (unpaired) electrons. The second-order valence-corrected chi connectivity index (χ2v) is 20.0. The van der Waals surface area contributed by atoms with E-state index < -0.39 is 12.2 Å². The molecule has 69 heavy (non-hydrogen) atoms. The van der Waals surface area contributed by atoms with E-state index >= 15 is 0 Å². The minimum absolute atomic E-state index is 0.0637. The summed E-state index contributed by atoms with van der Waals surface area (Å²) in [5.41, 5.74) is 10.1. The van der Waals surface area contributed by atoms with Gasteiger partial charge < -0.3 is 39.4 Å². The zero-order valence-corrected chi connectivity index (χ0v) is 40.2. The molecular formula is C59H62N2O8. The van der Waals surface area contributed by atoms with Crippen molar-refractivity contribution >= 4 is 22.3 Å². The molecule has 10 nitrogen and oxygen atoms in total. The number of benzene rings is 6. The third-order valence-electron chi connectivity index (χ3n) is 14.5. The number of phenols is 4. The van der Waals surface area contributed by atoms with Crippen LogP contribution in [-0.2, 0) is 0 Å². The zero-order chi connectivity index (χ0) is 48.0. The lowest BCUT2D eigenvalue weighted by Gasteiger charge is -2.32. The number of fused-ring (bicyclic) bond motifs is 2. The van der Waals surface area contributed by atoms with Gasteiger partial charge in [-0.1, -0.05) is 44.2 Å². The third-order valence-corrected chi connectivity index (χ3v) is 14.5. The highest BCUT2D eigenvalue weighted by Gasteiger charge is 2.34. The second-order valence-electron chi connectivity index (χ2n) is 20.0. The molecule has 10 rings (SSSR count). The van der Waals surface area contributed by atoms with Crippen LogP contribution in [0, 0.1) is 5.41 Å². The fraction of sp³-hybridized carbons (Fsp3) is 0.322. The van der Waals surface area contributed by atoms with E-state index in [1.54, 1.807) is 60.7 Å². The van der Waals surface area contributed by atoms with Crippen molar-refractivity contribution in [3.63, 3.8) is 0 Å². The monoisotopic (exact) mass is 926 g/mol. The van der Waals surface area contributed by atoms with Crippen LogP contribution in [0.4, 0.5) is 0 Å². The van der Waals surface area contributed by atoms with Crippen molar-refractivity contribution in [2.24, 2.45) is 5.41 Å². The summed E-state index contributed by atoms with van der Waals surface area (Å²) in [6.07, 6.45) is 2.42. The second kappa shape index (κ2) is 18.9. The Morgan fingerprint density at radius 2 is 1.22 bits per heavy atom. The molecule has 4 heterocycles. The summed E-state index contributed by atoms with van der Waals surface area (Å²) >= 11 is 0. The smallest absolute Gasteiger partial charge is 0.150 e. The van der Waals surface area contributed by atoms with Crippen LogP contribution in [0.15, 0.2) is 121 Å². The zero-order valence-electron chi connectivity index (χ0n) is 40.2. The Hall–Kier alpha value is -6.88. The number of ether oxygens (including phenoxy) is 4. The summed E-state index contributed by atoms with van der Waals surface area (Å²) in [7, 11) is 0. The molecule has 0 aromatic heterocycles. The number of phenolic OH excluding ortho intramolecular Hbond substituents is 4. The SMILES string of the molecule is CC1=C(c2cc(O)cc(-c3cc(C4Oc5ccc(O)cc5C(C)=C4c4cccc(O)c4)ccc3OCCN3CCC(C)(C)C3)c2)C(c2ccc(OCCN3CCCC3C)cc2)Oc2ccc(O)cc21. The van der Waals surface area contributed by atoms with Crippen LogP contribution in [0.1, 0.15) is 99.5 Å². The summed E-state index contributed by atoms with van der Waals surface area (Å²) in [5.74, 6) is 3.18. The minimum Gasteiger partial charge on any atom is -0.508 e. The lowest BCUT2D eigenvalue weighted by Crippen LogP contribution is -2.31. The highest BCUT2D eigenvalue weighted by molar-refractivity contribution is 5.98. The average Bonchev–Trinajstić information content (AvgIpc) is 3.91. The van der Waals surface area contributed by atoms with Gasteiger partial charge in [0, 0.05) is 53.5 Å². The maximum Gasteiger partial charge on any atom is 0.150 e. The topological polar surface area (TPSA) is 124 Å². The van der Waals surface area contributed by atoms with Gasteiger partial charge in [-0.05, 0) is 188 Å². The molecule has 0 bridgehead atoms. The number of nitrogens with zero attached hydrogens (tertiary/aromatic N) is 2. The van der Waals surface area contributed by atoms with Crippen molar-refractivity contribution in [1.29, 1.82) is 0 Å². The molecule has 3 unspecified atom stereocenters. The number of hydrogen-bond acceptors (Lipinski definition) is 10. The Bertz CT molecular complexity index is 2960. The molecule has 356 valence electrons. The first-order valence-electron chi connectivity index (χ1n) is 24.3. The van der Waals surface area contributed by atoms with Crippen molar-refractivity contribution in [2.75, 3.05) is 45.9 Å². The summed E-state index contributed by atoms with van der Waals surface area (Å²) in [5, 5.41) is 43.7. The number of allylic oxidation sites excluding steroid dienone is 2. The molecule has 0 spiro atoms. The summed E-state index contributed by atoms with van der Waals surface area (Å²) in [6.45, 7) is 16.8. The molecule has 0 saturated carbocycles. The van der Waals surface area contributed by atoms with Crippen molar-refractivity contribution in [2.45, 2.75) is 72.1 Å². The Labute approximate surface area is 405 Å². The number of hydrogen-bond donors (Lipinski definition) is 4. The van der Waals surface area contributed by atoms with Gasteiger partial charge in [-0.15, -0.1) is 0 Å². The Morgan fingerprint density at radius 3 is 1.87 bits per heavy atom. The van der Waals surface area contributed by atoms with Gasteiger partial charge in [-0.2, -0.15) is 0 Å². The van der Waals surface area contributed by atoms with Gasteiger partial charge in [0.25, 0.3) is 0 Å². The first-order valence-corrected chi connectivity index (χ1v) is 24.3. The summed E-state index contributed by atoms with van der Waals surface area (Å²) in [4.78, 5) is 4.92. The molecular weight excluding hydrogens is 865 g/mol. The van der Waals surface area contributed by atoms with Crippen LogP contribution in [-0.4, -0.2) is 82.2 Å². The summed E-state index contributed by atoms with van der Waals surface area (Å²) < 4.78 is 26.7. The normalized spacial score (nSPS) is 20.0. The van der Waals surface area contributed by atoms with Crippen molar-refractivity contribution in [3.8, 4) is 57.1 Å². The van der Waals surface area contributed by atoms with Gasteiger partial charge in [0.15, 0.2) is 0 Å². The van der Waals surface area contributed by atoms with E-state index in [9.17, 15) is 20.4 Å². The van der Waals surface area contributed by atoms with Crippen molar-refractivity contribution in [1.82, 2.24) is 9.80 Å². The predicted octanol–water partition coefficient (Wildman–Crippen LogP) is 12.3.